The fraction of sp³-hybridized carbons (Fsp3) is 1.00. The number of ether oxygens (including phenoxy) is 4. The van der Waals surface area contributed by atoms with Crippen LogP contribution in [0.1, 0.15) is 71.1 Å². The van der Waals surface area contributed by atoms with Crippen LogP contribution in [-0.4, -0.2) is 71.5 Å². The van der Waals surface area contributed by atoms with Gasteiger partial charge in [-0.05, 0) is 62.7 Å². The highest BCUT2D eigenvalue weighted by atomic mass is 16.5. The zero-order chi connectivity index (χ0) is 23.1. The van der Waals surface area contributed by atoms with Crippen molar-refractivity contribution >= 4 is 0 Å². The van der Waals surface area contributed by atoms with Crippen molar-refractivity contribution in [3.05, 3.63) is 0 Å². The van der Waals surface area contributed by atoms with Gasteiger partial charge in [0.1, 0.15) is 0 Å². The molecule has 0 aromatic rings. The van der Waals surface area contributed by atoms with Crippen molar-refractivity contribution in [3.8, 4) is 0 Å². The smallest absolute Gasteiger partial charge is 0.0937 e. The number of piperidine rings is 2. The van der Waals surface area contributed by atoms with Gasteiger partial charge in [0.25, 0.3) is 0 Å². The maximum atomic E-state index is 6.01. The fourth-order valence-electron chi connectivity index (χ4n) is 9.45. The van der Waals surface area contributed by atoms with Gasteiger partial charge in [-0.1, -0.05) is 19.8 Å². The molecule has 11 atom stereocenters. The van der Waals surface area contributed by atoms with Crippen LogP contribution in [0.4, 0.5) is 0 Å². The van der Waals surface area contributed by atoms with Gasteiger partial charge in [-0.3, -0.25) is 0 Å². The van der Waals surface area contributed by atoms with Gasteiger partial charge in [-0.15, -0.1) is 0 Å². The molecular formula is C28H50NO4+. The van der Waals surface area contributed by atoms with Gasteiger partial charge in [0.2, 0.25) is 0 Å². The van der Waals surface area contributed by atoms with E-state index in [4.69, 9.17) is 18.9 Å². The van der Waals surface area contributed by atoms with Crippen LogP contribution in [-0.2, 0) is 18.9 Å². The van der Waals surface area contributed by atoms with E-state index in [0.717, 1.165) is 47.6 Å². The molecule has 0 radical (unpaired) electrons. The summed E-state index contributed by atoms with van der Waals surface area (Å²) in [6, 6.07) is 1.61. The van der Waals surface area contributed by atoms with Gasteiger partial charge in [0, 0.05) is 52.6 Å². The van der Waals surface area contributed by atoms with Crippen LogP contribution in [0.3, 0.4) is 0 Å². The Kier molecular flexibility index (Phi) is 7.74. The lowest BCUT2D eigenvalue weighted by atomic mass is 9.58. The van der Waals surface area contributed by atoms with E-state index in [1.54, 1.807) is 0 Å². The number of nitrogens with one attached hydrogen (secondary N) is 1. The molecule has 0 bridgehead atoms. The standard InChI is InChI=1S/C28H49NO4/c1-17-6-8-18(9-7-17)28-22-16-27(33-5)25(31-3)14-20(22)12-23-21-15-26(32-4)24(30-2)13-19(21)10-11-29(23)28/h17-28H,6-16H2,1-5H3/p+1. The summed E-state index contributed by atoms with van der Waals surface area (Å²) in [5.41, 5.74) is 0. The Bertz CT molecular complexity index is 637. The first-order chi connectivity index (χ1) is 16.1. The van der Waals surface area contributed by atoms with E-state index in [0.29, 0.717) is 0 Å². The molecule has 5 rings (SSSR count). The molecule has 2 saturated heterocycles. The van der Waals surface area contributed by atoms with Crippen molar-refractivity contribution in [1.29, 1.82) is 0 Å². The zero-order valence-electron chi connectivity index (χ0n) is 21.8. The molecule has 5 heteroatoms. The predicted molar refractivity (Wildman–Crippen MR) is 129 cm³/mol. The van der Waals surface area contributed by atoms with E-state index in [2.05, 4.69) is 6.92 Å². The molecular weight excluding hydrogens is 414 g/mol. The maximum absolute atomic E-state index is 6.01. The summed E-state index contributed by atoms with van der Waals surface area (Å²) in [7, 11) is 7.56. The third-order valence-electron chi connectivity index (χ3n) is 11.1. The number of methoxy groups -OCH3 is 4. The Hall–Kier alpha value is -0.200. The summed E-state index contributed by atoms with van der Waals surface area (Å²) < 4.78 is 23.8. The normalized spacial score (nSPS) is 52.5. The second kappa shape index (κ2) is 10.4. The van der Waals surface area contributed by atoms with Crippen LogP contribution in [0.2, 0.25) is 0 Å². The lowest BCUT2D eigenvalue weighted by Crippen LogP contribution is -3.24. The molecule has 0 aromatic carbocycles. The molecule has 1 N–H and O–H groups in total. The molecule has 11 unspecified atom stereocenters. The average molecular weight is 465 g/mol. The quantitative estimate of drug-likeness (QED) is 0.678. The molecule has 5 nitrogen and oxygen atoms in total. The summed E-state index contributed by atoms with van der Waals surface area (Å²) in [5, 5.41) is 0. The first-order valence-electron chi connectivity index (χ1n) is 14.0. The van der Waals surface area contributed by atoms with Gasteiger partial charge < -0.3 is 23.8 Å². The molecule has 2 aliphatic heterocycles. The Morgan fingerprint density at radius 3 is 1.70 bits per heavy atom. The summed E-state index contributed by atoms with van der Waals surface area (Å²) in [4.78, 5) is 1.98. The van der Waals surface area contributed by atoms with Crippen molar-refractivity contribution in [2.75, 3.05) is 35.0 Å². The van der Waals surface area contributed by atoms with E-state index in [1.807, 2.05) is 33.3 Å². The second-order valence-electron chi connectivity index (χ2n) is 12.4. The molecule has 3 aliphatic carbocycles. The number of hydrogen-bond donors (Lipinski definition) is 1. The minimum absolute atomic E-state index is 0.262. The molecule has 0 aromatic heterocycles. The van der Waals surface area contributed by atoms with Crippen molar-refractivity contribution in [1.82, 2.24) is 0 Å². The first kappa shape index (κ1) is 24.5. The highest BCUT2D eigenvalue weighted by molar-refractivity contribution is 5.01. The van der Waals surface area contributed by atoms with Gasteiger partial charge in [0.05, 0.1) is 43.0 Å². The van der Waals surface area contributed by atoms with Crippen molar-refractivity contribution < 1.29 is 23.8 Å². The maximum Gasteiger partial charge on any atom is 0.0937 e. The third-order valence-corrected chi connectivity index (χ3v) is 11.1. The second-order valence-corrected chi connectivity index (χ2v) is 12.4. The topological polar surface area (TPSA) is 41.4 Å². The van der Waals surface area contributed by atoms with Crippen molar-refractivity contribution in [2.24, 2.45) is 35.5 Å². The van der Waals surface area contributed by atoms with Gasteiger partial charge in [-0.25, -0.2) is 0 Å². The molecule has 0 amide bonds. The van der Waals surface area contributed by atoms with Crippen LogP contribution in [0.5, 0.6) is 0 Å². The number of quaternary nitrogens is 1. The number of hydrogen-bond acceptors (Lipinski definition) is 4. The van der Waals surface area contributed by atoms with Gasteiger partial charge in [-0.2, -0.15) is 0 Å². The Labute approximate surface area is 202 Å². The molecule has 33 heavy (non-hydrogen) atoms. The predicted octanol–water partition coefficient (Wildman–Crippen LogP) is 3.35. The van der Waals surface area contributed by atoms with Crippen LogP contribution in [0.15, 0.2) is 0 Å². The van der Waals surface area contributed by atoms with E-state index < -0.39 is 0 Å². The van der Waals surface area contributed by atoms with Gasteiger partial charge >= 0.3 is 0 Å². The SMILES string of the molecule is COC1CC2CC[NH+]3C(CC4CC(OC)C(OC)CC4C3C3CCC(C)CC3)C2CC1OC. The summed E-state index contributed by atoms with van der Waals surface area (Å²) in [6.45, 7) is 3.83. The minimum atomic E-state index is 0.262. The Balaban J connectivity index is 1.43. The van der Waals surface area contributed by atoms with Crippen LogP contribution in [0, 0.1) is 35.5 Å². The first-order valence-corrected chi connectivity index (χ1v) is 14.0. The summed E-state index contributed by atoms with van der Waals surface area (Å²) >= 11 is 0. The lowest BCUT2D eigenvalue weighted by Gasteiger charge is -2.59. The lowest BCUT2D eigenvalue weighted by molar-refractivity contribution is -0.976. The Morgan fingerprint density at radius 1 is 0.545 bits per heavy atom. The fourth-order valence-corrected chi connectivity index (χ4v) is 9.45. The zero-order valence-corrected chi connectivity index (χ0v) is 21.8. The van der Waals surface area contributed by atoms with E-state index in [1.165, 1.54) is 70.8 Å². The molecule has 0 spiro atoms. The average Bonchev–Trinajstić information content (AvgIpc) is 2.86. The third kappa shape index (κ3) is 4.55. The molecule has 5 aliphatic rings. The highest BCUT2D eigenvalue weighted by Crippen LogP contribution is 2.48. The Morgan fingerprint density at radius 2 is 1.09 bits per heavy atom. The van der Waals surface area contributed by atoms with Crippen molar-refractivity contribution in [2.45, 2.75) is 108 Å². The van der Waals surface area contributed by atoms with Crippen LogP contribution < -0.4 is 4.90 Å². The van der Waals surface area contributed by atoms with E-state index >= 15 is 0 Å². The monoisotopic (exact) mass is 464 g/mol. The molecule has 190 valence electrons. The summed E-state index contributed by atoms with van der Waals surface area (Å²) in [5.74, 6) is 5.01. The molecule has 5 fully saturated rings. The minimum Gasteiger partial charge on any atom is -0.379 e. The van der Waals surface area contributed by atoms with Crippen molar-refractivity contribution in [3.63, 3.8) is 0 Å². The molecule has 2 heterocycles. The number of rotatable bonds is 5. The largest absolute Gasteiger partial charge is 0.379 e. The number of fused-ring (bicyclic) bond motifs is 4. The van der Waals surface area contributed by atoms with E-state index in [-0.39, 0.29) is 24.4 Å². The van der Waals surface area contributed by atoms with Crippen LogP contribution >= 0.6 is 0 Å². The van der Waals surface area contributed by atoms with Crippen LogP contribution in [0.25, 0.3) is 0 Å². The molecule has 3 saturated carbocycles. The van der Waals surface area contributed by atoms with E-state index in [9.17, 15) is 0 Å². The van der Waals surface area contributed by atoms with Gasteiger partial charge in [0.15, 0.2) is 0 Å². The highest BCUT2D eigenvalue weighted by Gasteiger charge is 2.58. The summed E-state index contributed by atoms with van der Waals surface area (Å²) in [6.07, 6.45) is 14.3.